The maximum Gasteiger partial charge on any atom is 0.337 e. The zero-order valence-corrected chi connectivity index (χ0v) is 13.6. The molecule has 0 unspecified atom stereocenters. The molecule has 0 spiro atoms. The van der Waals surface area contributed by atoms with Gasteiger partial charge in [-0.2, -0.15) is 5.10 Å². The number of pyridine rings is 1. The standard InChI is InChI=1S/C14H13ClN6O3/c1-20(12-9(15)3-7(4-16-12)14(23)24)6-10-18-11-8(13(22)19-10)5-17-21(11)2/h3-5H,6H2,1-2H3,(H,23,24)(H,18,19,22). The molecule has 0 radical (unpaired) electrons. The van der Waals surface area contributed by atoms with E-state index in [1.807, 2.05) is 0 Å². The van der Waals surface area contributed by atoms with E-state index >= 15 is 0 Å². The summed E-state index contributed by atoms with van der Waals surface area (Å²) in [5.41, 5.74) is 0.194. The normalized spacial score (nSPS) is 11.0. The van der Waals surface area contributed by atoms with Crippen LogP contribution in [0.25, 0.3) is 11.0 Å². The van der Waals surface area contributed by atoms with Gasteiger partial charge in [0.1, 0.15) is 17.0 Å². The minimum Gasteiger partial charge on any atom is -0.478 e. The van der Waals surface area contributed by atoms with Crippen molar-refractivity contribution in [3.63, 3.8) is 0 Å². The van der Waals surface area contributed by atoms with Gasteiger partial charge in [0.25, 0.3) is 5.56 Å². The van der Waals surface area contributed by atoms with Crippen molar-refractivity contribution < 1.29 is 9.90 Å². The second-order valence-electron chi connectivity index (χ2n) is 5.21. The second-order valence-corrected chi connectivity index (χ2v) is 5.62. The summed E-state index contributed by atoms with van der Waals surface area (Å²) in [6.45, 7) is 0.232. The highest BCUT2D eigenvalue weighted by molar-refractivity contribution is 6.33. The lowest BCUT2D eigenvalue weighted by molar-refractivity contribution is 0.0696. The van der Waals surface area contributed by atoms with Crippen LogP contribution < -0.4 is 10.5 Å². The molecule has 0 amide bonds. The zero-order valence-electron chi connectivity index (χ0n) is 12.8. The van der Waals surface area contributed by atoms with Gasteiger partial charge in [0.05, 0.1) is 23.3 Å². The van der Waals surface area contributed by atoms with Crippen LogP contribution in [0.15, 0.2) is 23.3 Å². The highest BCUT2D eigenvalue weighted by atomic mass is 35.5. The van der Waals surface area contributed by atoms with Crippen molar-refractivity contribution in [2.45, 2.75) is 6.54 Å². The second kappa shape index (κ2) is 5.93. The number of rotatable bonds is 4. The van der Waals surface area contributed by atoms with E-state index in [9.17, 15) is 9.59 Å². The van der Waals surface area contributed by atoms with Crippen LogP contribution in [-0.4, -0.2) is 42.9 Å². The van der Waals surface area contributed by atoms with Gasteiger partial charge in [-0.05, 0) is 6.07 Å². The van der Waals surface area contributed by atoms with Crippen molar-refractivity contribution in [1.29, 1.82) is 0 Å². The van der Waals surface area contributed by atoms with Crippen LogP contribution in [-0.2, 0) is 13.6 Å². The molecular formula is C14H13ClN6O3. The number of anilines is 1. The van der Waals surface area contributed by atoms with E-state index in [0.717, 1.165) is 0 Å². The Morgan fingerprint density at radius 2 is 2.21 bits per heavy atom. The number of aromatic amines is 1. The van der Waals surface area contributed by atoms with Crippen LogP contribution >= 0.6 is 11.6 Å². The van der Waals surface area contributed by atoms with Crippen LogP contribution in [0.2, 0.25) is 5.02 Å². The molecule has 0 atom stereocenters. The summed E-state index contributed by atoms with van der Waals surface area (Å²) in [7, 11) is 3.41. The van der Waals surface area contributed by atoms with Crippen LogP contribution in [0.5, 0.6) is 0 Å². The maximum absolute atomic E-state index is 12.0. The van der Waals surface area contributed by atoms with Crippen molar-refractivity contribution in [3.8, 4) is 0 Å². The Hall–Kier alpha value is -2.94. The summed E-state index contributed by atoms with van der Waals surface area (Å²) in [6, 6.07) is 1.32. The summed E-state index contributed by atoms with van der Waals surface area (Å²) in [6.07, 6.45) is 2.68. The molecule has 0 saturated heterocycles. The fourth-order valence-electron chi connectivity index (χ4n) is 2.28. The summed E-state index contributed by atoms with van der Waals surface area (Å²) >= 11 is 6.09. The lowest BCUT2D eigenvalue weighted by atomic mass is 10.3. The predicted molar refractivity (Wildman–Crippen MR) is 87.4 cm³/mol. The molecule has 0 fully saturated rings. The summed E-state index contributed by atoms with van der Waals surface area (Å²) in [4.78, 5) is 35.8. The number of carboxylic acids is 1. The Morgan fingerprint density at radius 1 is 1.46 bits per heavy atom. The number of hydrogen-bond acceptors (Lipinski definition) is 6. The zero-order chi connectivity index (χ0) is 17.4. The molecule has 9 nitrogen and oxygen atoms in total. The van der Waals surface area contributed by atoms with E-state index in [-0.39, 0.29) is 22.7 Å². The Labute approximate surface area is 140 Å². The summed E-state index contributed by atoms with van der Waals surface area (Å²) in [5, 5.41) is 13.6. The predicted octanol–water partition coefficient (Wildman–Crippen LogP) is 1.04. The van der Waals surface area contributed by atoms with Gasteiger partial charge in [-0.15, -0.1) is 0 Å². The lowest BCUT2D eigenvalue weighted by Crippen LogP contribution is -2.23. The SMILES string of the molecule is CN(Cc1nc2c(cnn2C)c(=O)[nH]1)c1ncc(C(=O)O)cc1Cl. The maximum atomic E-state index is 12.0. The Morgan fingerprint density at radius 3 is 2.88 bits per heavy atom. The first kappa shape index (κ1) is 15.9. The van der Waals surface area contributed by atoms with Gasteiger partial charge in [0.2, 0.25) is 0 Å². The molecule has 0 aliphatic rings. The molecule has 3 heterocycles. The number of hydrogen-bond donors (Lipinski definition) is 2. The van der Waals surface area contributed by atoms with Crippen LogP contribution in [0.1, 0.15) is 16.2 Å². The fourth-order valence-corrected chi connectivity index (χ4v) is 2.59. The van der Waals surface area contributed by atoms with Gasteiger partial charge in [-0.3, -0.25) is 9.48 Å². The highest BCUT2D eigenvalue weighted by Gasteiger charge is 2.14. The van der Waals surface area contributed by atoms with E-state index in [1.54, 1.807) is 19.0 Å². The van der Waals surface area contributed by atoms with Gasteiger partial charge in [-0.1, -0.05) is 11.6 Å². The quantitative estimate of drug-likeness (QED) is 0.723. The van der Waals surface area contributed by atoms with Crippen molar-refractivity contribution >= 4 is 34.4 Å². The number of aromatic carboxylic acids is 1. The number of H-pyrrole nitrogens is 1. The number of carbonyl (C=O) groups is 1. The molecule has 3 aromatic rings. The van der Waals surface area contributed by atoms with Crippen molar-refractivity contribution in [2.24, 2.45) is 7.05 Å². The summed E-state index contributed by atoms with van der Waals surface area (Å²) < 4.78 is 1.51. The molecule has 0 aromatic carbocycles. The molecule has 2 N–H and O–H groups in total. The van der Waals surface area contributed by atoms with E-state index < -0.39 is 5.97 Å². The first-order valence-electron chi connectivity index (χ1n) is 6.87. The van der Waals surface area contributed by atoms with E-state index in [1.165, 1.54) is 23.1 Å². The van der Waals surface area contributed by atoms with Gasteiger partial charge < -0.3 is 15.0 Å². The number of carboxylic acid groups (broad SMARTS) is 1. The van der Waals surface area contributed by atoms with E-state index in [0.29, 0.717) is 22.7 Å². The largest absolute Gasteiger partial charge is 0.478 e. The molecule has 24 heavy (non-hydrogen) atoms. The number of fused-ring (bicyclic) bond motifs is 1. The molecule has 3 aromatic heterocycles. The third-order valence-corrected chi connectivity index (χ3v) is 3.75. The topological polar surface area (TPSA) is 117 Å². The number of aryl methyl sites for hydroxylation is 1. The van der Waals surface area contributed by atoms with Crippen molar-refractivity contribution in [1.82, 2.24) is 24.7 Å². The van der Waals surface area contributed by atoms with Crippen LogP contribution in [0, 0.1) is 0 Å². The van der Waals surface area contributed by atoms with Gasteiger partial charge in [0, 0.05) is 20.3 Å². The lowest BCUT2D eigenvalue weighted by Gasteiger charge is -2.18. The van der Waals surface area contributed by atoms with Gasteiger partial charge >= 0.3 is 5.97 Å². The average molecular weight is 349 g/mol. The minimum atomic E-state index is -1.11. The third-order valence-electron chi connectivity index (χ3n) is 3.47. The molecule has 0 bridgehead atoms. The number of halogens is 1. The molecule has 10 heteroatoms. The smallest absolute Gasteiger partial charge is 0.337 e. The highest BCUT2D eigenvalue weighted by Crippen LogP contribution is 2.24. The molecule has 0 aliphatic heterocycles. The molecular weight excluding hydrogens is 336 g/mol. The first-order valence-corrected chi connectivity index (χ1v) is 7.25. The van der Waals surface area contributed by atoms with E-state index in [2.05, 4.69) is 20.1 Å². The molecule has 124 valence electrons. The Balaban J connectivity index is 1.92. The van der Waals surface area contributed by atoms with Crippen LogP contribution in [0.4, 0.5) is 5.82 Å². The first-order chi connectivity index (χ1) is 11.4. The Bertz CT molecular complexity index is 996. The minimum absolute atomic E-state index is 0.0000127. The van der Waals surface area contributed by atoms with E-state index in [4.69, 9.17) is 16.7 Å². The third kappa shape index (κ3) is 2.81. The van der Waals surface area contributed by atoms with Gasteiger partial charge in [-0.25, -0.2) is 14.8 Å². The summed E-state index contributed by atoms with van der Waals surface area (Å²) in [5.74, 6) is -0.306. The van der Waals surface area contributed by atoms with Gasteiger partial charge in [0.15, 0.2) is 5.65 Å². The fraction of sp³-hybridized carbons (Fsp3) is 0.214. The molecule has 0 aliphatic carbocycles. The number of nitrogens with one attached hydrogen (secondary N) is 1. The Kier molecular flexibility index (Phi) is 3.94. The number of nitrogens with zero attached hydrogens (tertiary/aromatic N) is 5. The van der Waals surface area contributed by atoms with Crippen molar-refractivity contribution in [3.05, 3.63) is 45.2 Å². The monoisotopic (exact) mass is 348 g/mol. The number of aromatic nitrogens is 5. The average Bonchev–Trinajstić information content (AvgIpc) is 2.89. The molecule has 3 rings (SSSR count). The van der Waals surface area contributed by atoms with Crippen LogP contribution in [0.3, 0.4) is 0 Å². The molecule has 0 saturated carbocycles. The van der Waals surface area contributed by atoms with Crippen molar-refractivity contribution in [2.75, 3.05) is 11.9 Å².